The molecule has 2 atom stereocenters. The zero-order valence-corrected chi connectivity index (χ0v) is 21.6. The van der Waals surface area contributed by atoms with Crippen molar-refractivity contribution in [3.63, 3.8) is 0 Å². The van der Waals surface area contributed by atoms with Gasteiger partial charge >= 0.3 is 6.03 Å². The summed E-state index contributed by atoms with van der Waals surface area (Å²) in [7, 11) is 0. The first-order valence-electron chi connectivity index (χ1n) is 12.1. The molecule has 0 aliphatic carbocycles. The number of oxazole rings is 1. The molecule has 2 aromatic carbocycles. The fraction of sp³-hybridized carbons (Fsp3) is 0.296. The van der Waals surface area contributed by atoms with Crippen LogP contribution in [-0.4, -0.2) is 58.3 Å². The van der Waals surface area contributed by atoms with Crippen molar-refractivity contribution >= 4 is 29.4 Å². The lowest BCUT2D eigenvalue weighted by atomic mass is 9.98. The summed E-state index contributed by atoms with van der Waals surface area (Å²) in [6, 6.07) is 12.7. The third kappa shape index (κ3) is 4.93. The van der Waals surface area contributed by atoms with Gasteiger partial charge in [0.15, 0.2) is 6.39 Å². The van der Waals surface area contributed by atoms with Crippen LogP contribution in [0.1, 0.15) is 48.4 Å². The molecular formula is C27H25ClN6O4. The second-order valence-electron chi connectivity index (χ2n) is 9.21. The lowest BCUT2D eigenvalue weighted by molar-refractivity contribution is -0.123. The van der Waals surface area contributed by atoms with Crippen molar-refractivity contribution in [2.45, 2.75) is 32.0 Å². The molecule has 10 nitrogen and oxygen atoms in total. The van der Waals surface area contributed by atoms with E-state index in [0.29, 0.717) is 46.6 Å². The largest absolute Gasteiger partial charge is 0.490 e. The summed E-state index contributed by atoms with van der Waals surface area (Å²) in [6.45, 7) is 4.35. The van der Waals surface area contributed by atoms with Crippen molar-refractivity contribution in [2.75, 3.05) is 19.6 Å². The van der Waals surface area contributed by atoms with Gasteiger partial charge in [0, 0.05) is 18.1 Å². The predicted molar refractivity (Wildman–Crippen MR) is 139 cm³/mol. The van der Waals surface area contributed by atoms with E-state index in [2.05, 4.69) is 16.4 Å². The van der Waals surface area contributed by atoms with Crippen LogP contribution >= 0.6 is 11.6 Å². The van der Waals surface area contributed by atoms with Crippen LogP contribution in [0, 0.1) is 11.3 Å². The molecule has 1 N–H and O–H groups in total. The summed E-state index contributed by atoms with van der Waals surface area (Å²) in [6.07, 6.45) is 2.66. The molecule has 38 heavy (non-hydrogen) atoms. The van der Waals surface area contributed by atoms with Crippen LogP contribution < -0.4 is 10.1 Å². The Bertz CT molecular complexity index is 1410. The Kier molecular flexibility index (Phi) is 7.03. The zero-order chi connectivity index (χ0) is 26.8. The van der Waals surface area contributed by atoms with E-state index in [1.165, 1.54) is 16.2 Å². The predicted octanol–water partition coefficient (Wildman–Crippen LogP) is 4.08. The van der Waals surface area contributed by atoms with E-state index in [0.717, 1.165) is 5.56 Å². The lowest BCUT2D eigenvalue weighted by Gasteiger charge is -2.34. The number of aliphatic imine (C=N–C) groups is 1. The summed E-state index contributed by atoms with van der Waals surface area (Å²) >= 11 is 6.15. The number of amides is 3. The fourth-order valence-corrected chi connectivity index (χ4v) is 4.73. The first kappa shape index (κ1) is 25.3. The third-order valence-corrected chi connectivity index (χ3v) is 6.50. The Morgan fingerprint density at radius 1 is 1.26 bits per heavy atom. The van der Waals surface area contributed by atoms with Gasteiger partial charge in [-0.25, -0.2) is 9.78 Å². The number of rotatable bonds is 5. The number of piperazine rings is 1. The van der Waals surface area contributed by atoms with E-state index in [1.54, 1.807) is 36.5 Å². The number of carbonyl (C=O) groups excluding carboxylic acids is 2. The van der Waals surface area contributed by atoms with E-state index in [9.17, 15) is 14.9 Å². The van der Waals surface area contributed by atoms with Gasteiger partial charge in [0.05, 0.1) is 29.5 Å². The van der Waals surface area contributed by atoms with Crippen LogP contribution in [0.15, 0.2) is 64.5 Å². The quantitative estimate of drug-likeness (QED) is 0.528. The first-order valence-corrected chi connectivity index (χ1v) is 12.5. The summed E-state index contributed by atoms with van der Waals surface area (Å²) in [4.78, 5) is 38.5. The number of carbonyl (C=O) groups is 2. The molecule has 2 unspecified atom stereocenters. The van der Waals surface area contributed by atoms with E-state index < -0.39 is 18.1 Å². The summed E-state index contributed by atoms with van der Waals surface area (Å²) in [5.74, 6) is 0.941. The SMILES string of the molecule is CC(C)Oc1cc(C#N)ccc1C1=NC(c2ccc(Cl)cc2)C(c2cnco2)N1C(=O)N1CCNC(=O)C1. The normalized spacial score (nSPS) is 19.2. The van der Waals surface area contributed by atoms with Gasteiger partial charge in [0.1, 0.15) is 36.0 Å². The Morgan fingerprint density at radius 3 is 2.71 bits per heavy atom. The minimum Gasteiger partial charge on any atom is -0.490 e. The Hall–Kier alpha value is -4.36. The molecule has 1 fully saturated rings. The Morgan fingerprint density at radius 2 is 2.05 bits per heavy atom. The number of halogens is 1. The van der Waals surface area contributed by atoms with Crippen molar-refractivity contribution in [1.29, 1.82) is 5.26 Å². The Labute approximate surface area is 224 Å². The van der Waals surface area contributed by atoms with Crippen LogP contribution in [0.3, 0.4) is 0 Å². The standard InChI is InChI=1S/C27H25ClN6O4/c1-16(2)38-21-11-17(12-29)3-8-20(21)26-32-24(18-4-6-19(28)7-5-18)25(22-13-30-15-37-22)34(26)27(36)33-10-9-31-23(35)14-33/h3-8,11,13,15-16,24-25H,9-10,14H2,1-2H3,(H,31,35). The number of urea groups is 1. The van der Waals surface area contributed by atoms with Crippen molar-refractivity contribution in [3.8, 4) is 11.8 Å². The Balaban J connectivity index is 1.69. The van der Waals surface area contributed by atoms with E-state index in [-0.39, 0.29) is 18.6 Å². The number of benzene rings is 2. The van der Waals surface area contributed by atoms with Crippen LogP contribution in [-0.2, 0) is 4.79 Å². The molecule has 0 bridgehead atoms. The lowest BCUT2D eigenvalue weighted by Crippen LogP contribution is -2.55. The molecule has 3 aromatic rings. The summed E-state index contributed by atoms with van der Waals surface area (Å²) < 4.78 is 11.8. The monoisotopic (exact) mass is 532 g/mol. The highest BCUT2D eigenvalue weighted by Crippen LogP contribution is 2.45. The smallest absolute Gasteiger partial charge is 0.326 e. The molecule has 11 heteroatoms. The number of ether oxygens (including phenoxy) is 1. The highest BCUT2D eigenvalue weighted by atomic mass is 35.5. The number of nitrogens with one attached hydrogen (secondary N) is 1. The minimum absolute atomic E-state index is 0.0833. The highest BCUT2D eigenvalue weighted by molar-refractivity contribution is 6.30. The van der Waals surface area contributed by atoms with Crippen molar-refractivity contribution in [2.24, 2.45) is 4.99 Å². The number of nitrogens with zero attached hydrogens (tertiary/aromatic N) is 5. The van der Waals surface area contributed by atoms with Gasteiger partial charge < -0.3 is 19.4 Å². The molecule has 1 saturated heterocycles. The molecule has 0 saturated carbocycles. The topological polar surface area (TPSA) is 124 Å². The summed E-state index contributed by atoms with van der Waals surface area (Å²) in [5.41, 5.74) is 1.75. The number of hydrogen-bond donors (Lipinski definition) is 1. The van der Waals surface area contributed by atoms with Gasteiger partial charge in [0.25, 0.3) is 0 Å². The van der Waals surface area contributed by atoms with Crippen LogP contribution in [0.25, 0.3) is 0 Å². The molecule has 3 heterocycles. The van der Waals surface area contributed by atoms with Crippen LogP contribution in [0.2, 0.25) is 5.02 Å². The van der Waals surface area contributed by atoms with Crippen molar-refractivity contribution < 1.29 is 18.7 Å². The van der Waals surface area contributed by atoms with Crippen molar-refractivity contribution in [3.05, 3.63) is 82.5 Å². The van der Waals surface area contributed by atoms with Gasteiger partial charge in [-0.1, -0.05) is 23.7 Å². The molecule has 3 amide bonds. The molecule has 5 rings (SSSR count). The van der Waals surface area contributed by atoms with E-state index >= 15 is 0 Å². The molecule has 0 spiro atoms. The zero-order valence-electron chi connectivity index (χ0n) is 20.8. The number of hydrogen-bond acceptors (Lipinski definition) is 7. The van der Waals surface area contributed by atoms with E-state index in [4.69, 9.17) is 25.7 Å². The molecule has 194 valence electrons. The van der Waals surface area contributed by atoms with Gasteiger partial charge in [-0.05, 0) is 49.7 Å². The molecule has 2 aliphatic rings. The second-order valence-corrected chi connectivity index (χ2v) is 9.65. The number of aromatic nitrogens is 1. The molecule has 0 radical (unpaired) electrons. The molecule has 1 aromatic heterocycles. The van der Waals surface area contributed by atoms with Crippen LogP contribution in [0.4, 0.5) is 4.79 Å². The third-order valence-electron chi connectivity index (χ3n) is 6.25. The maximum atomic E-state index is 14.1. The minimum atomic E-state index is -0.700. The fourth-order valence-electron chi connectivity index (χ4n) is 4.60. The number of amidine groups is 1. The molecular weight excluding hydrogens is 508 g/mol. The number of nitriles is 1. The van der Waals surface area contributed by atoms with Gasteiger partial charge in [-0.15, -0.1) is 0 Å². The average Bonchev–Trinajstić information content (AvgIpc) is 3.56. The highest BCUT2D eigenvalue weighted by Gasteiger charge is 2.46. The maximum absolute atomic E-state index is 14.1. The second kappa shape index (κ2) is 10.6. The van der Waals surface area contributed by atoms with E-state index in [1.807, 2.05) is 26.0 Å². The molecule has 2 aliphatic heterocycles. The average molecular weight is 533 g/mol. The van der Waals surface area contributed by atoms with Crippen molar-refractivity contribution in [1.82, 2.24) is 20.1 Å². The van der Waals surface area contributed by atoms with Gasteiger partial charge in [-0.2, -0.15) is 5.26 Å². The van der Waals surface area contributed by atoms with Gasteiger partial charge in [0.2, 0.25) is 5.91 Å². The van der Waals surface area contributed by atoms with Crippen LogP contribution in [0.5, 0.6) is 5.75 Å². The maximum Gasteiger partial charge on any atom is 0.326 e. The summed E-state index contributed by atoms with van der Waals surface area (Å²) in [5, 5.41) is 12.8. The van der Waals surface area contributed by atoms with Gasteiger partial charge in [-0.3, -0.25) is 14.7 Å². The first-order chi connectivity index (χ1) is 18.4.